The normalized spacial score (nSPS) is 10.7. The number of esters is 1. The number of aryl methyl sites for hydroxylation is 1. The minimum Gasteiger partial charge on any atom is -0.489 e. The summed E-state index contributed by atoms with van der Waals surface area (Å²) in [5.41, 5.74) is 6.06. The third-order valence-corrected chi connectivity index (χ3v) is 5.47. The van der Waals surface area contributed by atoms with Crippen LogP contribution in [0.25, 0.3) is 0 Å². The van der Waals surface area contributed by atoms with Gasteiger partial charge in [0.15, 0.2) is 0 Å². The van der Waals surface area contributed by atoms with Crippen molar-refractivity contribution in [2.75, 3.05) is 0 Å². The third-order valence-electron chi connectivity index (χ3n) is 5.21. The van der Waals surface area contributed by atoms with Crippen LogP contribution in [0.4, 0.5) is 0 Å². The number of ether oxygens (including phenoxy) is 2. The fourth-order valence-corrected chi connectivity index (χ4v) is 3.33. The molecule has 0 fully saturated rings. The van der Waals surface area contributed by atoms with Gasteiger partial charge in [0.05, 0.1) is 11.8 Å². The zero-order valence-corrected chi connectivity index (χ0v) is 20.2. The molecule has 4 aromatic carbocycles. The molecule has 0 aromatic heterocycles. The van der Waals surface area contributed by atoms with Crippen LogP contribution in [0.5, 0.6) is 11.5 Å². The van der Waals surface area contributed by atoms with Gasteiger partial charge in [-0.2, -0.15) is 5.10 Å². The first-order chi connectivity index (χ1) is 17.5. The first kappa shape index (κ1) is 24.7. The molecule has 0 spiro atoms. The quantitative estimate of drug-likeness (QED) is 0.135. The summed E-state index contributed by atoms with van der Waals surface area (Å²) in [5, 5.41) is 4.54. The summed E-state index contributed by atoms with van der Waals surface area (Å²) in [4.78, 5) is 24.9. The van der Waals surface area contributed by atoms with E-state index in [2.05, 4.69) is 10.5 Å². The highest BCUT2D eigenvalue weighted by Gasteiger charge is 2.11. The largest absolute Gasteiger partial charge is 0.489 e. The van der Waals surface area contributed by atoms with Crippen LogP contribution < -0.4 is 14.9 Å². The summed E-state index contributed by atoms with van der Waals surface area (Å²) in [6, 6.07) is 28.2. The maximum atomic E-state index is 12.5. The second-order valence-electron chi connectivity index (χ2n) is 7.93. The van der Waals surface area contributed by atoms with Crippen molar-refractivity contribution >= 4 is 29.7 Å². The highest BCUT2D eigenvalue weighted by molar-refractivity contribution is 6.30. The molecule has 0 bridgehead atoms. The van der Waals surface area contributed by atoms with Crippen molar-refractivity contribution in [3.8, 4) is 11.5 Å². The van der Waals surface area contributed by atoms with E-state index >= 15 is 0 Å². The lowest BCUT2D eigenvalue weighted by molar-refractivity contribution is 0.0734. The number of amides is 1. The van der Waals surface area contributed by atoms with Crippen LogP contribution in [0.1, 0.15) is 37.4 Å². The fraction of sp³-hybridized carbons (Fsp3) is 0.0690. The third kappa shape index (κ3) is 6.81. The molecule has 180 valence electrons. The molecule has 36 heavy (non-hydrogen) atoms. The lowest BCUT2D eigenvalue weighted by Gasteiger charge is -2.08. The monoisotopic (exact) mass is 498 g/mol. The van der Waals surface area contributed by atoms with Crippen LogP contribution in [-0.4, -0.2) is 18.1 Å². The highest BCUT2D eigenvalue weighted by atomic mass is 35.5. The lowest BCUT2D eigenvalue weighted by atomic mass is 10.2. The van der Waals surface area contributed by atoms with Gasteiger partial charge in [0, 0.05) is 16.1 Å². The second kappa shape index (κ2) is 11.8. The molecule has 0 heterocycles. The number of nitrogens with one attached hydrogen (secondary N) is 1. The first-order valence-electron chi connectivity index (χ1n) is 11.2. The Morgan fingerprint density at radius 2 is 1.53 bits per heavy atom. The predicted octanol–water partition coefficient (Wildman–Crippen LogP) is 6.21. The smallest absolute Gasteiger partial charge is 0.343 e. The van der Waals surface area contributed by atoms with Gasteiger partial charge < -0.3 is 9.47 Å². The molecule has 0 saturated carbocycles. The van der Waals surface area contributed by atoms with Crippen molar-refractivity contribution in [3.05, 3.63) is 130 Å². The van der Waals surface area contributed by atoms with Gasteiger partial charge in [0.25, 0.3) is 5.91 Å². The van der Waals surface area contributed by atoms with Crippen LogP contribution in [-0.2, 0) is 6.61 Å². The second-order valence-corrected chi connectivity index (χ2v) is 8.37. The van der Waals surface area contributed by atoms with E-state index in [4.69, 9.17) is 21.1 Å². The molecule has 1 amide bonds. The molecule has 0 unspecified atom stereocenters. The minimum atomic E-state index is -0.527. The molecule has 0 aliphatic rings. The number of para-hydroxylation sites is 1. The summed E-state index contributed by atoms with van der Waals surface area (Å²) < 4.78 is 11.3. The van der Waals surface area contributed by atoms with Crippen molar-refractivity contribution in [1.29, 1.82) is 0 Å². The molecule has 7 heteroatoms. The molecule has 0 aliphatic heterocycles. The van der Waals surface area contributed by atoms with Crippen molar-refractivity contribution in [2.24, 2.45) is 5.10 Å². The van der Waals surface area contributed by atoms with E-state index in [0.29, 0.717) is 39.8 Å². The number of benzene rings is 4. The van der Waals surface area contributed by atoms with Crippen molar-refractivity contribution in [1.82, 2.24) is 5.43 Å². The number of carbonyl (C=O) groups is 2. The SMILES string of the molecule is Cc1ccc(COc2ccc(C(=O)N/N=C\c3ccccc3OC(=O)c3ccc(Cl)cc3)cc2)cc1. The fourth-order valence-electron chi connectivity index (χ4n) is 3.20. The lowest BCUT2D eigenvalue weighted by Crippen LogP contribution is -2.17. The predicted molar refractivity (Wildman–Crippen MR) is 140 cm³/mol. The van der Waals surface area contributed by atoms with Gasteiger partial charge >= 0.3 is 5.97 Å². The minimum absolute atomic E-state index is 0.311. The summed E-state index contributed by atoms with van der Waals surface area (Å²) in [5.74, 6) is 0.0609. The molecule has 0 aliphatic carbocycles. The van der Waals surface area contributed by atoms with Crippen LogP contribution >= 0.6 is 11.6 Å². The van der Waals surface area contributed by atoms with E-state index in [1.165, 1.54) is 11.8 Å². The molecule has 0 saturated heterocycles. The summed E-state index contributed by atoms with van der Waals surface area (Å²) >= 11 is 5.87. The van der Waals surface area contributed by atoms with Crippen molar-refractivity contribution < 1.29 is 19.1 Å². The molecule has 4 rings (SSSR count). The Morgan fingerprint density at radius 3 is 2.25 bits per heavy atom. The van der Waals surface area contributed by atoms with Gasteiger partial charge in [-0.3, -0.25) is 4.79 Å². The van der Waals surface area contributed by atoms with E-state index in [1.807, 2.05) is 31.2 Å². The Balaban J connectivity index is 1.33. The van der Waals surface area contributed by atoms with Gasteiger partial charge in [-0.1, -0.05) is 53.6 Å². The Labute approximate surface area is 214 Å². The van der Waals surface area contributed by atoms with Crippen LogP contribution in [0.15, 0.2) is 102 Å². The average Bonchev–Trinajstić information content (AvgIpc) is 2.90. The maximum absolute atomic E-state index is 12.5. The average molecular weight is 499 g/mol. The summed E-state index contributed by atoms with van der Waals surface area (Å²) in [7, 11) is 0. The molecule has 1 N–H and O–H groups in total. The van der Waals surface area contributed by atoms with Gasteiger partial charge in [-0.05, 0) is 73.2 Å². The zero-order valence-electron chi connectivity index (χ0n) is 19.5. The van der Waals surface area contributed by atoms with Crippen molar-refractivity contribution in [2.45, 2.75) is 13.5 Å². The Kier molecular flexibility index (Phi) is 8.11. The van der Waals surface area contributed by atoms with E-state index in [9.17, 15) is 9.59 Å². The number of nitrogens with zero attached hydrogens (tertiary/aromatic N) is 1. The van der Waals surface area contributed by atoms with Crippen molar-refractivity contribution in [3.63, 3.8) is 0 Å². The zero-order chi connectivity index (χ0) is 25.3. The van der Waals surface area contributed by atoms with Gasteiger partial charge in [-0.25, -0.2) is 10.2 Å². The van der Waals surface area contributed by atoms with Crippen LogP contribution in [0, 0.1) is 6.92 Å². The van der Waals surface area contributed by atoms with E-state index in [0.717, 1.165) is 5.56 Å². The van der Waals surface area contributed by atoms with E-state index < -0.39 is 5.97 Å². The van der Waals surface area contributed by atoms with Crippen LogP contribution in [0.3, 0.4) is 0 Å². The molecule has 0 radical (unpaired) electrons. The number of hydrazone groups is 1. The molecule has 4 aromatic rings. The molecular formula is C29H23ClN2O4. The standard InChI is InChI=1S/C29H23ClN2O4/c1-20-6-8-21(9-7-20)19-35-26-16-12-22(13-17-26)28(33)32-31-18-24-4-2-3-5-27(24)36-29(34)23-10-14-25(30)15-11-23/h2-18H,19H2,1H3,(H,32,33)/b31-18-. The van der Waals surface area contributed by atoms with E-state index in [-0.39, 0.29) is 5.91 Å². The van der Waals surface area contributed by atoms with E-state index in [1.54, 1.807) is 72.8 Å². The van der Waals surface area contributed by atoms with Crippen LogP contribution in [0.2, 0.25) is 5.02 Å². The molecule has 0 atom stereocenters. The number of hydrogen-bond acceptors (Lipinski definition) is 5. The maximum Gasteiger partial charge on any atom is 0.343 e. The molecular weight excluding hydrogens is 476 g/mol. The summed E-state index contributed by atoms with van der Waals surface area (Å²) in [6.07, 6.45) is 1.42. The Bertz CT molecular complexity index is 1370. The number of halogens is 1. The highest BCUT2D eigenvalue weighted by Crippen LogP contribution is 2.19. The molecule has 6 nitrogen and oxygen atoms in total. The number of hydrogen-bond donors (Lipinski definition) is 1. The van der Waals surface area contributed by atoms with Gasteiger partial charge in [0.1, 0.15) is 18.1 Å². The summed E-state index contributed by atoms with van der Waals surface area (Å²) in [6.45, 7) is 2.48. The first-order valence-corrected chi connectivity index (χ1v) is 11.5. The Hall–Kier alpha value is -4.42. The number of rotatable bonds is 8. The topological polar surface area (TPSA) is 77.0 Å². The van der Waals surface area contributed by atoms with Gasteiger partial charge in [0.2, 0.25) is 0 Å². The number of carbonyl (C=O) groups excluding carboxylic acids is 2. The Morgan fingerprint density at radius 1 is 0.861 bits per heavy atom. The van der Waals surface area contributed by atoms with Gasteiger partial charge in [-0.15, -0.1) is 0 Å².